The van der Waals surface area contributed by atoms with Gasteiger partial charge in [-0.15, -0.1) is 0 Å². The van der Waals surface area contributed by atoms with Gasteiger partial charge in [0, 0.05) is 36.0 Å². The molecule has 0 unspecified atom stereocenters. The van der Waals surface area contributed by atoms with Gasteiger partial charge in [-0.3, -0.25) is 9.69 Å². The van der Waals surface area contributed by atoms with Gasteiger partial charge in [-0.05, 0) is 35.6 Å². The van der Waals surface area contributed by atoms with Crippen molar-refractivity contribution in [1.82, 2.24) is 10.2 Å². The minimum Gasteiger partial charge on any atom is -0.379 e. The molecule has 3 rings (SSSR count). The maximum atomic E-state index is 12.7. The Balaban J connectivity index is 1.73. The Kier molecular flexibility index (Phi) is 7.59. The molecule has 27 heavy (non-hydrogen) atoms. The maximum absolute atomic E-state index is 12.7. The van der Waals surface area contributed by atoms with Crippen LogP contribution in [0.25, 0.3) is 0 Å². The Morgan fingerprint density at radius 3 is 2.74 bits per heavy atom. The van der Waals surface area contributed by atoms with E-state index in [0.29, 0.717) is 25.3 Å². The average Bonchev–Trinajstić information content (AvgIpc) is 2.70. The number of amides is 1. The van der Waals surface area contributed by atoms with Crippen LogP contribution in [0.2, 0.25) is 5.02 Å². The van der Waals surface area contributed by atoms with Crippen LogP contribution in [0.1, 0.15) is 27.5 Å². The minimum absolute atomic E-state index is 0.0286. The number of carbonyl (C=O) groups is 1. The van der Waals surface area contributed by atoms with Gasteiger partial charge in [0.15, 0.2) is 0 Å². The first kappa shape index (κ1) is 20.2. The van der Waals surface area contributed by atoms with Gasteiger partial charge in [-0.25, -0.2) is 0 Å². The summed E-state index contributed by atoms with van der Waals surface area (Å²) in [6.07, 6.45) is 2.06. The molecule has 2 aromatic carbocycles. The lowest BCUT2D eigenvalue weighted by atomic mass is 10.0. The monoisotopic (exact) mass is 404 g/mol. The fourth-order valence-corrected chi connectivity index (χ4v) is 4.11. The standard InChI is InChI=1S/C21H25ClN2O2S/c1-27-15-16-5-4-6-17(13-16)21(25)23-14-20(24-9-11-26-12-10-24)18-7-2-3-8-19(18)22/h2-8,13,20H,9-12,14-15H2,1H3,(H,23,25)/t20-/m0/s1. The second kappa shape index (κ2) is 10.1. The molecule has 1 aliphatic rings. The van der Waals surface area contributed by atoms with Gasteiger partial charge in [-0.2, -0.15) is 11.8 Å². The number of hydrogen-bond acceptors (Lipinski definition) is 4. The van der Waals surface area contributed by atoms with E-state index in [1.807, 2.05) is 48.5 Å². The van der Waals surface area contributed by atoms with E-state index in [4.69, 9.17) is 16.3 Å². The van der Waals surface area contributed by atoms with Crippen molar-refractivity contribution in [2.45, 2.75) is 11.8 Å². The van der Waals surface area contributed by atoms with Gasteiger partial charge in [0.1, 0.15) is 0 Å². The van der Waals surface area contributed by atoms with Crippen LogP contribution in [-0.2, 0) is 10.5 Å². The van der Waals surface area contributed by atoms with E-state index in [2.05, 4.69) is 16.5 Å². The van der Waals surface area contributed by atoms with Gasteiger partial charge in [-0.1, -0.05) is 41.9 Å². The molecule has 0 bridgehead atoms. The highest BCUT2D eigenvalue weighted by molar-refractivity contribution is 7.97. The number of ether oxygens (including phenoxy) is 1. The summed E-state index contributed by atoms with van der Waals surface area (Å²) >= 11 is 8.20. The highest BCUT2D eigenvalue weighted by atomic mass is 35.5. The summed E-state index contributed by atoms with van der Waals surface area (Å²) in [6.45, 7) is 3.57. The van der Waals surface area contributed by atoms with Crippen molar-refractivity contribution in [3.8, 4) is 0 Å². The smallest absolute Gasteiger partial charge is 0.251 e. The molecule has 0 radical (unpaired) electrons. The van der Waals surface area contributed by atoms with Crippen molar-refractivity contribution in [2.24, 2.45) is 0 Å². The molecule has 1 heterocycles. The molecular weight excluding hydrogens is 380 g/mol. The summed E-state index contributed by atoms with van der Waals surface area (Å²) in [4.78, 5) is 15.0. The Labute approximate surface area is 170 Å². The molecule has 4 nitrogen and oxygen atoms in total. The first-order chi connectivity index (χ1) is 13.2. The summed E-state index contributed by atoms with van der Waals surface area (Å²) < 4.78 is 5.48. The summed E-state index contributed by atoms with van der Waals surface area (Å²) in [7, 11) is 0. The van der Waals surface area contributed by atoms with E-state index in [-0.39, 0.29) is 11.9 Å². The zero-order valence-corrected chi connectivity index (χ0v) is 17.1. The normalized spacial score (nSPS) is 16.1. The summed E-state index contributed by atoms with van der Waals surface area (Å²) in [5.74, 6) is 0.847. The van der Waals surface area contributed by atoms with Gasteiger partial charge < -0.3 is 10.1 Å². The third-order valence-corrected chi connectivity index (χ3v) is 5.67. The van der Waals surface area contributed by atoms with Crippen LogP contribution in [0, 0.1) is 0 Å². The molecule has 1 fully saturated rings. The minimum atomic E-state index is -0.0525. The molecule has 2 aromatic rings. The molecule has 0 spiro atoms. The number of morpholine rings is 1. The van der Waals surface area contributed by atoms with E-state index in [1.165, 1.54) is 0 Å². The second-order valence-corrected chi connectivity index (χ2v) is 7.80. The quantitative estimate of drug-likeness (QED) is 0.757. The zero-order valence-electron chi connectivity index (χ0n) is 15.5. The Bertz CT molecular complexity index is 765. The highest BCUT2D eigenvalue weighted by Crippen LogP contribution is 2.28. The number of nitrogens with one attached hydrogen (secondary N) is 1. The van der Waals surface area contributed by atoms with Crippen LogP contribution in [0.15, 0.2) is 48.5 Å². The lowest BCUT2D eigenvalue weighted by Gasteiger charge is -2.35. The molecule has 6 heteroatoms. The molecule has 1 aliphatic heterocycles. The van der Waals surface area contributed by atoms with Crippen molar-refractivity contribution in [1.29, 1.82) is 0 Å². The largest absolute Gasteiger partial charge is 0.379 e. The maximum Gasteiger partial charge on any atom is 0.251 e. The molecule has 0 aliphatic carbocycles. The van der Waals surface area contributed by atoms with E-state index < -0.39 is 0 Å². The first-order valence-electron chi connectivity index (χ1n) is 9.11. The van der Waals surface area contributed by atoms with Crippen LogP contribution in [0.3, 0.4) is 0 Å². The lowest BCUT2D eigenvalue weighted by Crippen LogP contribution is -2.44. The SMILES string of the molecule is CSCc1cccc(C(=O)NC[C@@H](c2ccccc2Cl)N2CCOCC2)c1. The molecule has 1 amide bonds. The molecule has 1 atom stereocenters. The average molecular weight is 405 g/mol. The van der Waals surface area contributed by atoms with Crippen molar-refractivity contribution < 1.29 is 9.53 Å². The number of nitrogens with zero attached hydrogens (tertiary/aromatic N) is 1. The molecule has 0 aromatic heterocycles. The number of rotatable bonds is 7. The Morgan fingerprint density at radius 2 is 2.00 bits per heavy atom. The van der Waals surface area contributed by atoms with E-state index in [1.54, 1.807) is 11.8 Å². The van der Waals surface area contributed by atoms with E-state index >= 15 is 0 Å². The lowest BCUT2D eigenvalue weighted by molar-refractivity contribution is 0.0162. The summed E-state index contributed by atoms with van der Waals surface area (Å²) in [5, 5.41) is 3.83. The number of halogens is 1. The fourth-order valence-electron chi connectivity index (χ4n) is 3.33. The number of carbonyl (C=O) groups excluding carboxylic acids is 1. The van der Waals surface area contributed by atoms with Crippen LogP contribution >= 0.6 is 23.4 Å². The number of hydrogen-bond donors (Lipinski definition) is 1. The Hall–Kier alpha value is -1.53. The number of thioether (sulfide) groups is 1. The topological polar surface area (TPSA) is 41.6 Å². The molecular formula is C21H25ClN2O2S. The van der Waals surface area contributed by atoms with Crippen LogP contribution < -0.4 is 5.32 Å². The zero-order chi connectivity index (χ0) is 19.1. The molecule has 1 N–H and O–H groups in total. The van der Waals surface area contributed by atoms with Crippen molar-refractivity contribution in [2.75, 3.05) is 39.1 Å². The van der Waals surface area contributed by atoms with Gasteiger partial charge in [0.2, 0.25) is 0 Å². The predicted molar refractivity (Wildman–Crippen MR) is 113 cm³/mol. The third-order valence-electron chi connectivity index (χ3n) is 4.71. The van der Waals surface area contributed by atoms with E-state index in [9.17, 15) is 4.79 Å². The van der Waals surface area contributed by atoms with Crippen molar-refractivity contribution in [3.05, 3.63) is 70.2 Å². The van der Waals surface area contributed by atoms with Gasteiger partial charge in [0.25, 0.3) is 5.91 Å². The first-order valence-corrected chi connectivity index (χ1v) is 10.9. The van der Waals surface area contributed by atoms with Crippen LogP contribution in [0.5, 0.6) is 0 Å². The predicted octanol–water partition coefficient (Wildman–Crippen LogP) is 4.01. The van der Waals surface area contributed by atoms with Crippen molar-refractivity contribution >= 4 is 29.3 Å². The number of benzene rings is 2. The van der Waals surface area contributed by atoms with Crippen LogP contribution in [-0.4, -0.2) is 49.9 Å². The van der Waals surface area contributed by atoms with Crippen LogP contribution in [0.4, 0.5) is 0 Å². The second-order valence-electron chi connectivity index (χ2n) is 6.53. The Morgan fingerprint density at radius 1 is 1.22 bits per heavy atom. The van der Waals surface area contributed by atoms with Gasteiger partial charge in [0.05, 0.1) is 19.3 Å². The summed E-state index contributed by atoms with van der Waals surface area (Å²) in [6, 6.07) is 15.7. The molecule has 144 valence electrons. The highest BCUT2D eigenvalue weighted by Gasteiger charge is 2.25. The van der Waals surface area contributed by atoms with E-state index in [0.717, 1.165) is 35.0 Å². The molecule has 0 saturated carbocycles. The third kappa shape index (κ3) is 5.48. The summed E-state index contributed by atoms with van der Waals surface area (Å²) in [5.41, 5.74) is 2.89. The van der Waals surface area contributed by atoms with Gasteiger partial charge >= 0.3 is 0 Å². The van der Waals surface area contributed by atoms with Crippen molar-refractivity contribution in [3.63, 3.8) is 0 Å². The fraction of sp³-hybridized carbons (Fsp3) is 0.381. The molecule has 1 saturated heterocycles.